The lowest BCUT2D eigenvalue weighted by Crippen LogP contribution is -2.45. The molecule has 0 bridgehead atoms. The lowest BCUT2D eigenvalue weighted by Gasteiger charge is -2.15. The number of hydrogen-bond donors (Lipinski definition) is 3. The second-order valence-electron chi connectivity index (χ2n) is 5.59. The van der Waals surface area contributed by atoms with Crippen LogP contribution in [-0.4, -0.2) is 37.8 Å². The molecule has 0 saturated carbocycles. The van der Waals surface area contributed by atoms with Gasteiger partial charge in [-0.15, -0.1) is 0 Å². The predicted octanol–water partition coefficient (Wildman–Crippen LogP) is -0.0117. The van der Waals surface area contributed by atoms with Gasteiger partial charge < -0.3 is 15.5 Å². The maximum Gasteiger partial charge on any atom is 0.334 e. The first-order valence-corrected chi connectivity index (χ1v) is 7.97. The van der Waals surface area contributed by atoms with Gasteiger partial charge in [0, 0.05) is 6.54 Å². The monoisotopic (exact) mass is 361 g/mol. The van der Waals surface area contributed by atoms with Crippen LogP contribution in [0.4, 0.5) is 0 Å². The highest BCUT2D eigenvalue weighted by Gasteiger charge is 2.24. The number of rotatable bonds is 7. The molecule has 26 heavy (non-hydrogen) atoms. The SMILES string of the molecule is CCCn1c(O)c(C(=O)NCC(=O)O)c(=O)n(Cc2ccccc2)c1=O. The Hall–Kier alpha value is -3.36. The molecule has 1 amide bonds. The van der Waals surface area contributed by atoms with E-state index in [1.165, 1.54) is 0 Å². The third kappa shape index (κ3) is 4.00. The Kier molecular flexibility index (Phi) is 5.94. The van der Waals surface area contributed by atoms with Gasteiger partial charge in [0.25, 0.3) is 11.5 Å². The number of carboxylic acid groups (broad SMARTS) is 1. The van der Waals surface area contributed by atoms with E-state index >= 15 is 0 Å². The molecule has 3 N–H and O–H groups in total. The molecule has 0 fully saturated rings. The van der Waals surface area contributed by atoms with Crippen molar-refractivity contribution in [3.05, 3.63) is 62.3 Å². The van der Waals surface area contributed by atoms with Gasteiger partial charge in [-0.2, -0.15) is 0 Å². The highest BCUT2D eigenvalue weighted by atomic mass is 16.4. The maximum atomic E-state index is 12.6. The molecule has 1 heterocycles. The molecule has 0 unspecified atom stereocenters. The van der Waals surface area contributed by atoms with Gasteiger partial charge in [-0.25, -0.2) is 4.79 Å². The van der Waals surface area contributed by atoms with Gasteiger partial charge in [0.2, 0.25) is 5.88 Å². The van der Waals surface area contributed by atoms with E-state index in [1.54, 1.807) is 37.3 Å². The molecule has 0 aliphatic rings. The summed E-state index contributed by atoms with van der Waals surface area (Å²) in [5.74, 6) is -3.13. The van der Waals surface area contributed by atoms with Crippen LogP contribution >= 0.6 is 0 Å². The van der Waals surface area contributed by atoms with Crippen molar-refractivity contribution >= 4 is 11.9 Å². The van der Waals surface area contributed by atoms with Crippen LogP contribution in [0.2, 0.25) is 0 Å². The summed E-state index contributed by atoms with van der Waals surface area (Å²) in [6, 6.07) is 8.70. The minimum atomic E-state index is -1.30. The van der Waals surface area contributed by atoms with Gasteiger partial charge >= 0.3 is 11.7 Å². The van der Waals surface area contributed by atoms with Crippen molar-refractivity contribution in [2.45, 2.75) is 26.4 Å². The molecule has 2 rings (SSSR count). The molecule has 0 saturated heterocycles. The van der Waals surface area contributed by atoms with Crippen molar-refractivity contribution in [1.82, 2.24) is 14.5 Å². The minimum Gasteiger partial charge on any atom is -0.494 e. The van der Waals surface area contributed by atoms with Crippen LogP contribution < -0.4 is 16.6 Å². The minimum absolute atomic E-state index is 0.0816. The summed E-state index contributed by atoms with van der Waals surface area (Å²) in [6.45, 7) is 1.06. The number of aliphatic carboxylic acids is 1. The molecule has 0 atom stereocenters. The van der Waals surface area contributed by atoms with E-state index in [-0.39, 0.29) is 13.1 Å². The second kappa shape index (κ2) is 8.15. The van der Waals surface area contributed by atoms with Crippen molar-refractivity contribution in [3.8, 4) is 5.88 Å². The molecule has 1 aromatic heterocycles. The Bertz CT molecular complexity index is 930. The van der Waals surface area contributed by atoms with Crippen LogP contribution in [-0.2, 0) is 17.9 Å². The number of carbonyl (C=O) groups is 2. The molecule has 2 aromatic rings. The van der Waals surface area contributed by atoms with Crippen LogP contribution in [0.25, 0.3) is 0 Å². The first-order valence-electron chi connectivity index (χ1n) is 7.97. The van der Waals surface area contributed by atoms with E-state index < -0.39 is 41.1 Å². The summed E-state index contributed by atoms with van der Waals surface area (Å²) in [5.41, 5.74) is -1.72. The van der Waals surface area contributed by atoms with Gasteiger partial charge in [0.1, 0.15) is 6.54 Å². The van der Waals surface area contributed by atoms with Gasteiger partial charge in [0.05, 0.1) is 6.54 Å². The lowest BCUT2D eigenvalue weighted by molar-refractivity contribution is -0.135. The Morgan fingerprint density at radius 1 is 1.12 bits per heavy atom. The molecule has 1 aromatic carbocycles. The third-order valence-corrected chi connectivity index (χ3v) is 3.66. The Balaban J connectivity index is 2.60. The fourth-order valence-electron chi connectivity index (χ4n) is 2.46. The second-order valence-corrected chi connectivity index (χ2v) is 5.59. The van der Waals surface area contributed by atoms with Gasteiger partial charge in [-0.1, -0.05) is 37.3 Å². The highest BCUT2D eigenvalue weighted by molar-refractivity contribution is 5.97. The molecule has 0 aliphatic carbocycles. The predicted molar refractivity (Wildman–Crippen MR) is 92.4 cm³/mol. The average molecular weight is 361 g/mol. The number of nitrogens with one attached hydrogen (secondary N) is 1. The van der Waals surface area contributed by atoms with Crippen molar-refractivity contribution in [2.75, 3.05) is 6.54 Å². The third-order valence-electron chi connectivity index (χ3n) is 3.66. The van der Waals surface area contributed by atoms with E-state index in [0.717, 1.165) is 9.13 Å². The number of benzene rings is 1. The Labute approximate surface area is 148 Å². The van der Waals surface area contributed by atoms with Crippen molar-refractivity contribution in [3.63, 3.8) is 0 Å². The molecular weight excluding hydrogens is 342 g/mol. The number of hydrogen-bond acceptors (Lipinski definition) is 5. The quantitative estimate of drug-likeness (QED) is 0.636. The van der Waals surface area contributed by atoms with Crippen LogP contribution in [0.15, 0.2) is 39.9 Å². The normalized spacial score (nSPS) is 10.5. The van der Waals surface area contributed by atoms with E-state index in [4.69, 9.17) is 5.11 Å². The van der Waals surface area contributed by atoms with Crippen molar-refractivity contribution in [1.29, 1.82) is 0 Å². The van der Waals surface area contributed by atoms with Crippen molar-refractivity contribution < 1.29 is 19.8 Å². The zero-order chi connectivity index (χ0) is 19.3. The molecular formula is C17H19N3O6. The summed E-state index contributed by atoms with van der Waals surface area (Å²) < 4.78 is 1.78. The number of aromatic hydroxyl groups is 1. The largest absolute Gasteiger partial charge is 0.494 e. The lowest BCUT2D eigenvalue weighted by atomic mass is 10.2. The molecule has 138 valence electrons. The van der Waals surface area contributed by atoms with E-state index in [2.05, 4.69) is 0 Å². The summed E-state index contributed by atoms with van der Waals surface area (Å²) >= 11 is 0. The zero-order valence-corrected chi connectivity index (χ0v) is 14.1. The first-order chi connectivity index (χ1) is 12.4. The molecule has 9 nitrogen and oxygen atoms in total. The Morgan fingerprint density at radius 2 is 1.77 bits per heavy atom. The highest BCUT2D eigenvalue weighted by Crippen LogP contribution is 2.12. The Morgan fingerprint density at radius 3 is 2.35 bits per heavy atom. The van der Waals surface area contributed by atoms with Gasteiger partial charge in [-0.05, 0) is 12.0 Å². The summed E-state index contributed by atoms with van der Waals surface area (Å²) in [6.07, 6.45) is 0.479. The van der Waals surface area contributed by atoms with Crippen LogP contribution in [0, 0.1) is 0 Å². The van der Waals surface area contributed by atoms with E-state index in [9.17, 15) is 24.3 Å². The summed E-state index contributed by atoms with van der Waals surface area (Å²) in [4.78, 5) is 48.0. The van der Waals surface area contributed by atoms with E-state index in [1.807, 2.05) is 5.32 Å². The smallest absolute Gasteiger partial charge is 0.334 e. The van der Waals surface area contributed by atoms with Crippen LogP contribution in [0.3, 0.4) is 0 Å². The number of carbonyl (C=O) groups excluding carboxylic acids is 1. The zero-order valence-electron chi connectivity index (χ0n) is 14.1. The molecule has 0 aliphatic heterocycles. The fraction of sp³-hybridized carbons (Fsp3) is 0.294. The summed E-state index contributed by atoms with van der Waals surface area (Å²) in [7, 11) is 0. The molecule has 9 heteroatoms. The molecule has 0 spiro atoms. The van der Waals surface area contributed by atoms with Gasteiger partial charge in [0.15, 0.2) is 5.56 Å². The average Bonchev–Trinajstić information content (AvgIpc) is 2.61. The standard InChI is InChI=1S/C17H19N3O6/c1-2-8-19-15(24)13(14(23)18-9-12(21)22)16(25)20(17(19)26)10-11-6-4-3-5-7-11/h3-7,24H,2,8-10H2,1H3,(H,18,23)(H,21,22). The van der Waals surface area contributed by atoms with Crippen LogP contribution in [0.5, 0.6) is 5.88 Å². The van der Waals surface area contributed by atoms with Crippen LogP contribution in [0.1, 0.15) is 29.3 Å². The topological polar surface area (TPSA) is 131 Å². The van der Waals surface area contributed by atoms with Crippen molar-refractivity contribution in [2.24, 2.45) is 0 Å². The summed E-state index contributed by atoms with van der Waals surface area (Å²) in [5, 5.41) is 20.9. The first kappa shape index (κ1) is 19.0. The number of aromatic nitrogens is 2. The number of nitrogens with zero attached hydrogens (tertiary/aromatic N) is 2. The van der Waals surface area contributed by atoms with Gasteiger partial charge in [-0.3, -0.25) is 23.5 Å². The molecule has 0 radical (unpaired) electrons. The number of amides is 1. The maximum absolute atomic E-state index is 12.6. The van der Waals surface area contributed by atoms with E-state index in [0.29, 0.717) is 12.0 Å². The number of carboxylic acids is 1. The fourth-order valence-corrected chi connectivity index (χ4v) is 2.46.